The van der Waals surface area contributed by atoms with Crippen LogP contribution in [0.2, 0.25) is 0 Å². The maximum atomic E-state index is 12.4. The number of rotatable bonds is 7. The van der Waals surface area contributed by atoms with Gasteiger partial charge in [0, 0.05) is 0 Å². The van der Waals surface area contributed by atoms with Gasteiger partial charge in [-0.15, -0.1) is 0 Å². The molecule has 1 unspecified atom stereocenters. The Hall–Kier alpha value is -1.26. The number of esters is 1. The predicted molar refractivity (Wildman–Crippen MR) is 92.2 cm³/mol. The normalized spacial score (nSPS) is 12.3. The summed E-state index contributed by atoms with van der Waals surface area (Å²) in [5.41, 5.74) is 2.22. The molecule has 0 saturated heterocycles. The van der Waals surface area contributed by atoms with E-state index in [1.54, 1.807) is 11.3 Å². The number of benzene rings is 1. The standard InChI is InChI=1S/C17H21O2S2/c1-21(2)11-9-19-17(18)16(12-14-8-10-20-13-14)15-6-4-3-5-7-15/h3-8,10,13,16H,9,11-12H2,1-2H3/q+1. The Kier molecular flexibility index (Phi) is 6.33. The van der Waals surface area contributed by atoms with Gasteiger partial charge in [0.2, 0.25) is 0 Å². The summed E-state index contributed by atoms with van der Waals surface area (Å²) in [4.78, 5) is 12.4. The Morgan fingerprint density at radius 2 is 2.00 bits per heavy atom. The lowest BCUT2D eigenvalue weighted by molar-refractivity contribution is -0.144. The van der Waals surface area contributed by atoms with Crippen LogP contribution < -0.4 is 0 Å². The molecule has 4 heteroatoms. The van der Waals surface area contributed by atoms with Crippen LogP contribution in [0.1, 0.15) is 17.0 Å². The molecule has 112 valence electrons. The third kappa shape index (κ3) is 5.21. The molecular formula is C17H21O2S2+. The lowest BCUT2D eigenvalue weighted by Gasteiger charge is -2.15. The molecule has 1 heterocycles. The van der Waals surface area contributed by atoms with Gasteiger partial charge in [-0.2, -0.15) is 11.3 Å². The van der Waals surface area contributed by atoms with E-state index >= 15 is 0 Å². The summed E-state index contributed by atoms with van der Waals surface area (Å²) in [7, 11) is 0.303. The molecule has 2 rings (SSSR count). The fourth-order valence-electron chi connectivity index (χ4n) is 2.08. The zero-order valence-corrected chi connectivity index (χ0v) is 14.1. The fraction of sp³-hybridized carbons (Fsp3) is 0.353. The molecule has 0 aliphatic heterocycles. The van der Waals surface area contributed by atoms with E-state index in [-0.39, 0.29) is 11.9 Å². The summed E-state index contributed by atoms with van der Waals surface area (Å²) in [5, 5.41) is 4.14. The van der Waals surface area contributed by atoms with Crippen LogP contribution in [0, 0.1) is 0 Å². The van der Waals surface area contributed by atoms with E-state index in [4.69, 9.17) is 4.74 Å². The minimum Gasteiger partial charge on any atom is -0.460 e. The molecule has 0 radical (unpaired) electrons. The van der Waals surface area contributed by atoms with Crippen molar-refractivity contribution >= 4 is 28.2 Å². The average Bonchev–Trinajstić information content (AvgIpc) is 2.98. The minimum absolute atomic E-state index is 0.113. The third-order valence-electron chi connectivity index (χ3n) is 3.24. The highest BCUT2D eigenvalue weighted by molar-refractivity contribution is 7.95. The van der Waals surface area contributed by atoms with E-state index < -0.39 is 0 Å². The van der Waals surface area contributed by atoms with Crippen molar-refractivity contribution < 1.29 is 9.53 Å². The van der Waals surface area contributed by atoms with Crippen molar-refractivity contribution in [1.29, 1.82) is 0 Å². The summed E-state index contributed by atoms with van der Waals surface area (Å²) < 4.78 is 5.49. The predicted octanol–water partition coefficient (Wildman–Crippen LogP) is 3.50. The monoisotopic (exact) mass is 321 g/mol. The van der Waals surface area contributed by atoms with Crippen molar-refractivity contribution in [2.75, 3.05) is 24.9 Å². The van der Waals surface area contributed by atoms with Gasteiger partial charge >= 0.3 is 5.97 Å². The third-order valence-corrected chi connectivity index (χ3v) is 4.96. The zero-order chi connectivity index (χ0) is 15.1. The summed E-state index contributed by atoms with van der Waals surface area (Å²) in [5.74, 6) is 0.611. The Bertz CT molecular complexity index is 535. The first-order chi connectivity index (χ1) is 10.2. The van der Waals surface area contributed by atoms with Crippen LogP contribution >= 0.6 is 11.3 Å². The number of hydrogen-bond donors (Lipinski definition) is 0. The van der Waals surface area contributed by atoms with Crippen molar-refractivity contribution in [1.82, 2.24) is 0 Å². The zero-order valence-electron chi connectivity index (χ0n) is 12.5. The van der Waals surface area contributed by atoms with Gasteiger partial charge in [-0.1, -0.05) is 30.3 Å². The summed E-state index contributed by atoms with van der Waals surface area (Å²) in [6, 6.07) is 12.0. The molecule has 2 nitrogen and oxygen atoms in total. The average molecular weight is 321 g/mol. The van der Waals surface area contributed by atoms with Crippen molar-refractivity contribution in [2.45, 2.75) is 12.3 Å². The molecule has 0 bridgehead atoms. The Morgan fingerprint density at radius 3 is 2.62 bits per heavy atom. The molecular weight excluding hydrogens is 300 g/mol. The topological polar surface area (TPSA) is 26.3 Å². The second kappa shape index (κ2) is 8.25. The van der Waals surface area contributed by atoms with Crippen LogP contribution in [0.15, 0.2) is 47.2 Å². The van der Waals surface area contributed by atoms with Crippen molar-refractivity contribution in [2.24, 2.45) is 0 Å². The summed E-state index contributed by atoms with van der Waals surface area (Å²) >= 11 is 1.66. The van der Waals surface area contributed by atoms with Crippen molar-refractivity contribution in [3.05, 3.63) is 58.3 Å². The molecule has 1 aromatic heterocycles. The fourth-order valence-corrected chi connectivity index (χ4v) is 3.17. The van der Waals surface area contributed by atoms with Crippen LogP contribution in [-0.4, -0.2) is 30.8 Å². The highest BCUT2D eigenvalue weighted by Gasteiger charge is 2.23. The molecule has 0 saturated carbocycles. The van der Waals surface area contributed by atoms with E-state index in [9.17, 15) is 4.79 Å². The SMILES string of the molecule is C[S+](C)CCOC(=O)C(Cc1ccsc1)c1ccccc1. The highest BCUT2D eigenvalue weighted by Crippen LogP contribution is 2.23. The van der Waals surface area contributed by atoms with Gasteiger partial charge < -0.3 is 4.74 Å². The highest BCUT2D eigenvalue weighted by atomic mass is 32.2. The maximum Gasteiger partial charge on any atom is 0.313 e. The summed E-state index contributed by atoms with van der Waals surface area (Å²) in [6.07, 6.45) is 5.03. The Balaban J connectivity index is 2.06. The number of hydrogen-bond acceptors (Lipinski definition) is 3. The Labute approximate surface area is 133 Å². The molecule has 0 N–H and O–H groups in total. The molecule has 0 fully saturated rings. The first-order valence-corrected chi connectivity index (χ1v) is 10.1. The second-order valence-electron chi connectivity index (χ2n) is 5.16. The van der Waals surface area contributed by atoms with Gasteiger partial charge in [0.25, 0.3) is 0 Å². The number of carbonyl (C=O) groups is 1. The summed E-state index contributed by atoms with van der Waals surface area (Å²) in [6.45, 7) is 0.516. The van der Waals surface area contributed by atoms with Crippen LogP contribution in [0.25, 0.3) is 0 Å². The van der Waals surface area contributed by atoms with Crippen LogP contribution in [-0.2, 0) is 26.8 Å². The first-order valence-electron chi connectivity index (χ1n) is 6.93. The van der Waals surface area contributed by atoms with Crippen molar-refractivity contribution in [3.8, 4) is 0 Å². The quantitative estimate of drug-likeness (QED) is 0.576. The molecule has 0 aliphatic carbocycles. The number of ether oxygens (including phenoxy) is 1. The smallest absolute Gasteiger partial charge is 0.313 e. The van der Waals surface area contributed by atoms with Crippen LogP contribution in [0.5, 0.6) is 0 Å². The van der Waals surface area contributed by atoms with Gasteiger partial charge in [-0.25, -0.2) is 0 Å². The molecule has 0 aliphatic rings. The molecule has 0 amide bonds. The lowest BCUT2D eigenvalue weighted by atomic mass is 9.93. The van der Waals surface area contributed by atoms with Crippen LogP contribution in [0.3, 0.4) is 0 Å². The Morgan fingerprint density at radius 1 is 1.24 bits per heavy atom. The van der Waals surface area contributed by atoms with Crippen LogP contribution in [0.4, 0.5) is 0 Å². The molecule has 2 aromatic rings. The largest absolute Gasteiger partial charge is 0.460 e. The van der Waals surface area contributed by atoms with Gasteiger partial charge in [-0.05, 0) is 45.3 Å². The van der Waals surface area contributed by atoms with E-state index in [0.717, 1.165) is 11.3 Å². The van der Waals surface area contributed by atoms with Gasteiger partial charge in [0.1, 0.15) is 12.4 Å². The number of thiophene rings is 1. The second-order valence-corrected chi connectivity index (χ2v) is 8.32. The van der Waals surface area contributed by atoms with Gasteiger partial charge in [0.15, 0.2) is 0 Å². The van der Waals surface area contributed by atoms with E-state index in [1.165, 1.54) is 5.56 Å². The van der Waals surface area contributed by atoms with E-state index in [2.05, 4.69) is 24.0 Å². The van der Waals surface area contributed by atoms with E-state index in [1.807, 2.05) is 35.7 Å². The molecule has 1 aromatic carbocycles. The van der Waals surface area contributed by atoms with Crippen molar-refractivity contribution in [3.63, 3.8) is 0 Å². The number of carbonyl (C=O) groups excluding carboxylic acids is 1. The lowest BCUT2D eigenvalue weighted by Crippen LogP contribution is -2.21. The molecule has 1 atom stereocenters. The van der Waals surface area contributed by atoms with E-state index in [0.29, 0.717) is 23.9 Å². The maximum absolute atomic E-state index is 12.4. The van der Waals surface area contributed by atoms with Gasteiger partial charge in [-0.3, -0.25) is 4.79 Å². The minimum atomic E-state index is -0.212. The molecule has 21 heavy (non-hydrogen) atoms. The molecule has 0 spiro atoms. The first kappa shape index (κ1) is 16.1. The van der Waals surface area contributed by atoms with Gasteiger partial charge in [0.05, 0.1) is 18.4 Å².